The van der Waals surface area contributed by atoms with Gasteiger partial charge in [0.05, 0.1) is 12.1 Å². The second-order valence-corrected chi connectivity index (χ2v) is 16.0. The highest BCUT2D eigenvalue weighted by atomic mass is 32.2. The Kier molecular flexibility index (Phi) is 14.4. The maximum atomic E-state index is 14.1. The number of carbonyl (C=O) groups is 5. The van der Waals surface area contributed by atoms with E-state index in [4.69, 9.17) is 4.74 Å². The third-order valence-corrected chi connectivity index (χ3v) is 11.6. The third-order valence-electron chi connectivity index (χ3n) is 11.0. The van der Waals surface area contributed by atoms with Crippen LogP contribution in [0.15, 0.2) is 82.5 Å². The van der Waals surface area contributed by atoms with E-state index in [-0.39, 0.29) is 43.7 Å². The molecule has 0 saturated carbocycles. The number of likely N-dealkylation sites (N-methyl/N-ethyl adjacent to an activating group) is 1. The molecule has 0 radical (unpaired) electrons. The third kappa shape index (κ3) is 10.5. The fourth-order valence-electron chi connectivity index (χ4n) is 7.41. The zero-order valence-corrected chi connectivity index (χ0v) is 34.9. The van der Waals surface area contributed by atoms with Crippen molar-refractivity contribution in [2.75, 3.05) is 19.1 Å². The number of benzene rings is 2. The number of ether oxygens (including phenoxy) is 1. The number of carbonyl (C=O) groups excluding carboxylic acids is 4. The number of amides is 5. The Bertz CT molecular complexity index is 2470. The highest BCUT2D eigenvalue weighted by Crippen LogP contribution is 2.30. The first kappa shape index (κ1) is 45.0. The Hall–Kier alpha value is -6.58. The number of hydrogen-bond acceptors (Lipinski definition) is 12. The molecule has 21 heteroatoms. The molecule has 0 spiro atoms. The number of nitrogens with zero attached hydrogens (tertiary/aromatic N) is 2. The number of fused-ring (bicyclic) bond motifs is 2. The summed E-state index contributed by atoms with van der Waals surface area (Å²) in [5.41, 5.74) is 1.42. The van der Waals surface area contributed by atoms with E-state index < -0.39 is 83.5 Å². The number of phenolic OH excluding ortho intramolecular Hbond substituents is 1. The van der Waals surface area contributed by atoms with Gasteiger partial charge >= 0.3 is 17.7 Å². The zero-order chi connectivity index (χ0) is 44.7. The van der Waals surface area contributed by atoms with Crippen molar-refractivity contribution in [3.05, 3.63) is 110 Å². The number of aliphatic carboxylic acids is 1. The summed E-state index contributed by atoms with van der Waals surface area (Å²) in [5.74, 6) is -2.80. The van der Waals surface area contributed by atoms with E-state index in [0.717, 1.165) is 39.5 Å². The Morgan fingerprint density at radius 3 is 2.52 bits per heavy atom. The van der Waals surface area contributed by atoms with Gasteiger partial charge in [0.25, 0.3) is 5.56 Å². The number of carboxylic acids is 1. The maximum Gasteiger partial charge on any atom is 0.331 e. The molecule has 0 aliphatic carbocycles. The molecule has 6 rings (SSSR count). The van der Waals surface area contributed by atoms with Gasteiger partial charge in [0.15, 0.2) is 0 Å². The summed E-state index contributed by atoms with van der Waals surface area (Å²) < 4.78 is 6.73. The van der Waals surface area contributed by atoms with Crippen molar-refractivity contribution in [2.45, 2.75) is 81.7 Å². The van der Waals surface area contributed by atoms with Crippen LogP contribution in [-0.2, 0) is 43.3 Å². The van der Waals surface area contributed by atoms with Gasteiger partial charge < -0.3 is 56.5 Å². The van der Waals surface area contributed by atoms with Crippen molar-refractivity contribution in [3.63, 3.8) is 0 Å². The largest absolute Gasteiger partial charge is 0.508 e. The molecule has 2 aliphatic heterocycles. The van der Waals surface area contributed by atoms with Crippen LogP contribution in [0.1, 0.15) is 42.7 Å². The topological polar surface area (TPSA) is 289 Å². The first-order chi connectivity index (χ1) is 29.6. The number of rotatable bonds is 16. The fraction of sp³-hybridized carbons (Fsp3) is 0.390. The van der Waals surface area contributed by atoms with Gasteiger partial charge in [0, 0.05) is 67.6 Å². The van der Waals surface area contributed by atoms with Crippen molar-refractivity contribution < 1.29 is 44.0 Å². The summed E-state index contributed by atoms with van der Waals surface area (Å²) in [4.78, 5) is 98.3. The number of para-hydroxylation sites is 1. The monoisotopic (exact) mass is 875 g/mol. The molecule has 7 atom stereocenters. The highest BCUT2D eigenvalue weighted by molar-refractivity contribution is 7.98. The number of urea groups is 1. The van der Waals surface area contributed by atoms with Crippen LogP contribution in [0.2, 0.25) is 0 Å². The number of phenols is 1. The fourth-order valence-corrected chi connectivity index (χ4v) is 7.89. The molecule has 2 aliphatic rings. The Balaban J connectivity index is 1.20. The molecule has 330 valence electrons. The Labute approximate surface area is 358 Å². The average molecular weight is 876 g/mol. The van der Waals surface area contributed by atoms with E-state index in [0.29, 0.717) is 16.9 Å². The van der Waals surface area contributed by atoms with E-state index in [2.05, 4.69) is 36.6 Å². The van der Waals surface area contributed by atoms with E-state index >= 15 is 0 Å². The smallest absolute Gasteiger partial charge is 0.331 e. The van der Waals surface area contributed by atoms with E-state index in [1.54, 1.807) is 31.5 Å². The lowest BCUT2D eigenvalue weighted by molar-refractivity contribution is -0.139. The summed E-state index contributed by atoms with van der Waals surface area (Å²) in [6.07, 6.45) is 3.42. The summed E-state index contributed by atoms with van der Waals surface area (Å²) in [6, 6.07) is 6.63. The number of carboxylic acid groups (broad SMARTS) is 1. The SMILES string of the molecule is CSCC[C@H](NC(=O)N[C@@H](Cc1c[nH]c2ccccc12)C(=O)O)C(=O)N[C@H](C(=O)N/C=C1/C[C@@H](O)[C@H](n2ccc(=O)[nH]c2=O)O1)[C@H](C)N(C)C(=O)[C@@H]1Cc2cccc(O)c2CN1. The van der Waals surface area contributed by atoms with Gasteiger partial charge in [-0.3, -0.25) is 28.7 Å². The minimum absolute atomic E-state index is 0.0567. The molecule has 20 nitrogen and oxygen atoms in total. The van der Waals surface area contributed by atoms with Crippen LogP contribution >= 0.6 is 11.8 Å². The zero-order valence-electron chi connectivity index (χ0n) is 34.0. The molecule has 62 heavy (non-hydrogen) atoms. The van der Waals surface area contributed by atoms with Gasteiger partial charge in [0.2, 0.25) is 23.9 Å². The Morgan fingerprint density at radius 1 is 1.02 bits per heavy atom. The first-order valence-corrected chi connectivity index (χ1v) is 21.1. The van der Waals surface area contributed by atoms with Crippen molar-refractivity contribution in [2.24, 2.45) is 0 Å². The van der Waals surface area contributed by atoms with Gasteiger partial charge in [-0.2, -0.15) is 11.8 Å². The summed E-state index contributed by atoms with van der Waals surface area (Å²) >= 11 is 1.39. The molecule has 4 heterocycles. The molecule has 1 fully saturated rings. The molecule has 1 saturated heterocycles. The lowest BCUT2D eigenvalue weighted by Crippen LogP contribution is -2.62. The minimum atomic E-state index is -1.47. The molecular weight excluding hydrogens is 827 g/mol. The minimum Gasteiger partial charge on any atom is -0.508 e. The number of aliphatic hydroxyl groups is 1. The number of aromatic amines is 2. The molecule has 10 N–H and O–H groups in total. The van der Waals surface area contributed by atoms with Crippen LogP contribution in [0.4, 0.5) is 4.79 Å². The van der Waals surface area contributed by atoms with Crippen molar-refractivity contribution in [1.29, 1.82) is 0 Å². The van der Waals surface area contributed by atoms with Crippen molar-refractivity contribution in [1.82, 2.24) is 46.0 Å². The first-order valence-electron chi connectivity index (χ1n) is 19.7. The van der Waals surface area contributed by atoms with E-state index in [1.165, 1.54) is 23.7 Å². The molecule has 4 aromatic rings. The number of thioether (sulfide) groups is 1. The molecule has 0 bridgehead atoms. The molecule has 2 aromatic heterocycles. The number of hydrogen-bond donors (Lipinski definition) is 10. The number of aromatic hydroxyl groups is 1. The standard InChI is InChI=1S/C41H49N9O11S/c1-21(49(2)37(56)29-15-22-7-6-10-31(51)26(22)20-43-29)34(36(55)44-19-24-17-32(52)38(61-24)50-13-11-33(53)47-41(50)60)48-35(54)28(12-14-62-3)45-40(59)46-30(39(57)58)16-23-18-42-27-9-5-4-8-25(23)27/h4-11,13,18-19,21,28-30,32,34,38,42-43,51-52H,12,14-17,20H2,1-3H3,(H,44,55)(H,48,54)(H,57,58)(H2,45,46,59)(H,47,53,60)/b24-19-/t21-,28-,29-,30-,32+,34-,38+/m0/s1. The van der Waals surface area contributed by atoms with Crippen LogP contribution in [0.25, 0.3) is 10.9 Å². The number of nitrogens with one attached hydrogen (secondary N) is 7. The van der Waals surface area contributed by atoms with Crippen LogP contribution in [0.3, 0.4) is 0 Å². The lowest BCUT2D eigenvalue weighted by atomic mass is 9.94. The average Bonchev–Trinajstić information content (AvgIpc) is 3.84. The predicted molar refractivity (Wildman–Crippen MR) is 227 cm³/mol. The summed E-state index contributed by atoms with van der Waals surface area (Å²) in [7, 11) is 1.47. The summed E-state index contributed by atoms with van der Waals surface area (Å²) in [6.45, 7) is 1.76. The van der Waals surface area contributed by atoms with E-state index in [1.807, 2.05) is 30.3 Å². The summed E-state index contributed by atoms with van der Waals surface area (Å²) in [5, 5.41) is 45.2. The molecule has 5 amide bonds. The normalized spacial score (nSPS) is 19.6. The van der Waals surface area contributed by atoms with Crippen LogP contribution < -0.4 is 37.8 Å². The molecular formula is C41H49N9O11S. The molecule has 0 unspecified atom stereocenters. The van der Waals surface area contributed by atoms with E-state index in [9.17, 15) is 48.9 Å². The second kappa shape index (κ2) is 19.9. The van der Waals surface area contributed by atoms with Gasteiger partial charge in [-0.15, -0.1) is 0 Å². The second-order valence-electron chi connectivity index (χ2n) is 15.1. The maximum absolute atomic E-state index is 14.1. The van der Waals surface area contributed by atoms with Crippen molar-refractivity contribution >= 4 is 52.4 Å². The van der Waals surface area contributed by atoms with Gasteiger partial charge in [-0.25, -0.2) is 14.4 Å². The highest BCUT2D eigenvalue weighted by Gasteiger charge is 2.38. The number of aliphatic hydroxyl groups excluding tert-OH is 1. The van der Waals surface area contributed by atoms with Crippen LogP contribution in [-0.4, -0.2) is 120 Å². The van der Waals surface area contributed by atoms with Gasteiger partial charge in [0.1, 0.15) is 35.7 Å². The van der Waals surface area contributed by atoms with Crippen LogP contribution in [0, 0.1) is 0 Å². The molecule has 2 aromatic carbocycles. The van der Waals surface area contributed by atoms with Gasteiger partial charge in [-0.1, -0.05) is 30.3 Å². The number of aromatic nitrogens is 3. The Morgan fingerprint density at radius 2 is 1.77 bits per heavy atom. The predicted octanol–water partition coefficient (Wildman–Crippen LogP) is 0.124. The van der Waals surface area contributed by atoms with Crippen LogP contribution in [0.5, 0.6) is 5.75 Å². The van der Waals surface area contributed by atoms with Crippen molar-refractivity contribution in [3.8, 4) is 5.75 Å². The number of H-pyrrole nitrogens is 2. The lowest BCUT2D eigenvalue weighted by Gasteiger charge is -2.36. The quantitative estimate of drug-likeness (QED) is 0.0717. The van der Waals surface area contributed by atoms with Gasteiger partial charge in [-0.05, 0) is 55.0 Å².